The van der Waals surface area contributed by atoms with Crippen LogP contribution in [0.15, 0.2) is 30.3 Å². The van der Waals surface area contributed by atoms with Gasteiger partial charge in [-0.15, -0.1) is 0 Å². The van der Waals surface area contributed by atoms with Gasteiger partial charge in [-0.2, -0.15) is 0 Å². The summed E-state index contributed by atoms with van der Waals surface area (Å²) in [4.78, 5) is 0. The molecule has 96 valence electrons. The third-order valence-corrected chi connectivity index (χ3v) is 3.19. The van der Waals surface area contributed by atoms with Gasteiger partial charge < -0.3 is 5.32 Å². The van der Waals surface area contributed by atoms with Gasteiger partial charge in [0.05, 0.1) is 0 Å². The molecule has 0 bridgehead atoms. The molecule has 1 aromatic rings. The molecule has 0 aliphatic carbocycles. The van der Waals surface area contributed by atoms with Crippen LogP contribution in [0.5, 0.6) is 0 Å². The molecule has 0 fully saturated rings. The molecule has 0 aliphatic heterocycles. The summed E-state index contributed by atoms with van der Waals surface area (Å²) < 4.78 is 0. The summed E-state index contributed by atoms with van der Waals surface area (Å²) in [5.74, 6) is 0. The minimum atomic E-state index is 0.564. The van der Waals surface area contributed by atoms with E-state index in [0.29, 0.717) is 12.1 Å². The second-order valence-corrected chi connectivity index (χ2v) is 5.15. The minimum Gasteiger partial charge on any atom is -0.311 e. The molecule has 0 radical (unpaired) electrons. The lowest BCUT2D eigenvalue weighted by atomic mass is 10.0. The Bertz CT molecular complexity index is 281. The molecule has 1 nitrogen and oxygen atoms in total. The summed E-state index contributed by atoms with van der Waals surface area (Å²) in [5.41, 5.74) is 1.42. The van der Waals surface area contributed by atoms with E-state index in [1.165, 1.54) is 31.2 Å². The Kier molecular flexibility index (Phi) is 6.95. The maximum absolute atomic E-state index is 3.69. The van der Waals surface area contributed by atoms with Gasteiger partial charge in [-0.3, -0.25) is 0 Å². The third-order valence-electron chi connectivity index (χ3n) is 3.19. The Hall–Kier alpha value is -0.820. The van der Waals surface area contributed by atoms with Crippen LogP contribution in [0.2, 0.25) is 0 Å². The van der Waals surface area contributed by atoms with Gasteiger partial charge in [0.15, 0.2) is 0 Å². The summed E-state index contributed by atoms with van der Waals surface area (Å²) in [7, 11) is 0. The molecule has 0 saturated heterocycles. The van der Waals surface area contributed by atoms with Crippen molar-refractivity contribution >= 4 is 0 Å². The van der Waals surface area contributed by atoms with Gasteiger partial charge in [-0.05, 0) is 32.3 Å². The van der Waals surface area contributed by atoms with Gasteiger partial charge in [-0.1, -0.05) is 56.5 Å². The Balaban J connectivity index is 2.22. The van der Waals surface area contributed by atoms with Gasteiger partial charge in [-0.25, -0.2) is 0 Å². The van der Waals surface area contributed by atoms with Crippen LogP contribution in [-0.2, 0) is 6.42 Å². The van der Waals surface area contributed by atoms with Crippen LogP contribution in [0.25, 0.3) is 0 Å². The Morgan fingerprint density at radius 1 is 1.00 bits per heavy atom. The fourth-order valence-corrected chi connectivity index (χ4v) is 2.30. The molecule has 1 heteroatoms. The highest BCUT2D eigenvalue weighted by molar-refractivity contribution is 5.15. The molecule has 2 unspecified atom stereocenters. The standard InChI is InChI=1S/C16H27N/c1-4-5-7-10-14(2)17-15(3)13-16-11-8-6-9-12-16/h6,8-9,11-12,14-15,17H,4-5,7,10,13H2,1-3H3. The van der Waals surface area contributed by atoms with E-state index in [4.69, 9.17) is 0 Å². The molecule has 0 saturated carbocycles. The SMILES string of the molecule is CCCCCC(C)NC(C)Cc1ccccc1. The van der Waals surface area contributed by atoms with E-state index in [1.807, 2.05) is 0 Å². The average Bonchev–Trinajstić information content (AvgIpc) is 2.30. The summed E-state index contributed by atoms with van der Waals surface area (Å²) >= 11 is 0. The topological polar surface area (TPSA) is 12.0 Å². The summed E-state index contributed by atoms with van der Waals surface area (Å²) in [6.45, 7) is 6.84. The van der Waals surface area contributed by atoms with E-state index in [1.54, 1.807) is 0 Å². The highest BCUT2D eigenvalue weighted by Crippen LogP contribution is 2.06. The molecule has 17 heavy (non-hydrogen) atoms. The van der Waals surface area contributed by atoms with Gasteiger partial charge in [0.2, 0.25) is 0 Å². The zero-order valence-electron chi connectivity index (χ0n) is 11.6. The van der Waals surface area contributed by atoms with Crippen molar-refractivity contribution in [3.05, 3.63) is 35.9 Å². The summed E-state index contributed by atoms with van der Waals surface area (Å²) in [5, 5.41) is 3.69. The van der Waals surface area contributed by atoms with Gasteiger partial charge in [0, 0.05) is 12.1 Å². The van der Waals surface area contributed by atoms with Crippen molar-refractivity contribution < 1.29 is 0 Å². The Labute approximate surface area is 107 Å². The van der Waals surface area contributed by atoms with E-state index in [9.17, 15) is 0 Å². The molecule has 0 aliphatic rings. The van der Waals surface area contributed by atoms with Crippen LogP contribution < -0.4 is 5.32 Å². The number of hydrogen-bond acceptors (Lipinski definition) is 1. The van der Waals surface area contributed by atoms with Crippen LogP contribution >= 0.6 is 0 Å². The maximum Gasteiger partial charge on any atom is 0.00816 e. The van der Waals surface area contributed by atoms with Crippen LogP contribution in [0.3, 0.4) is 0 Å². The fraction of sp³-hybridized carbons (Fsp3) is 0.625. The highest BCUT2D eigenvalue weighted by Gasteiger charge is 2.07. The van der Waals surface area contributed by atoms with E-state index in [0.717, 1.165) is 6.42 Å². The van der Waals surface area contributed by atoms with E-state index < -0.39 is 0 Å². The van der Waals surface area contributed by atoms with E-state index in [2.05, 4.69) is 56.4 Å². The predicted octanol–water partition coefficient (Wildman–Crippen LogP) is 4.18. The highest BCUT2D eigenvalue weighted by atomic mass is 14.9. The third kappa shape index (κ3) is 6.48. The van der Waals surface area contributed by atoms with Crippen molar-refractivity contribution in [3.63, 3.8) is 0 Å². The second-order valence-electron chi connectivity index (χ2n) is 5.15. The normalized spacial score (nSPS) is 14.5. The molecule has 0 aromatic heterocycles. The van der Waals surface area contributed by atoms with Crippen LogP contribution in [0, 0.1) is 0 Å². The summed E-state index contributed by atoms with van der Waals surface area (Å²) in [6.07, 6.45) is 6.44. The molecular formula is C16H27N. The monoisotopic (exact) mass is 233 g/mol. The number of benzene rings is 1. The van der Waals surface area contributed by atoms with Gasteiger partial charge in [0.1, 0.15) is 0 Å². The van der Waals surface area contributed by atoms with Crippen LogP contribution in [-0.4, -0.2) is 12.1 Å². The Morgan fingerprint density at radius 2 is 1.71 bits per heavy atom. The van der Waals surface area contributed by atoms with Gasteiger partial charge in [0.25, 0.3) is 0 Å². The molecular weight excluding hydrogens is 206 g/mol. The first-order valence-electron chi connectivity index (χ1n) is 7.02. The molecule has 1 aromatic carbocycles. The quantitative estimate of drug-likeness (QED) is 0.664. The Morgan fingerprint density at radius 3 is 2.35 bits per heavy atom. The van der Waals surface area contributed by atoms with Crippen LogP contribution in [0.4, 0.5) is 0 Å². The molecule has 2 atom stereocenters. The van der Waals surface area contributed by atoms with Crippen molar-refractivity contribution in [2.45, 2.75) is 65.0 Å². The lowest BCUT2D eigenvalue weighted by molar-refractivity contribution is 0.430. The smallest absolute Gasteiger partial charge is 0.00816 e. The molecule has 1 N–H and O–H groups in total. The first-order chi connectivity index (χ1) is 8.22. The number of nitrogens with one attached hydrogen (secondary N) is 1. The van der Waals surface area contributed by atoms with E-state index in [-0.39, 0.29) is 0 Å². The number of unbranched alkanes of at least 4 members (excludes halogenated alkanes) is 2. The van der Waals surface area contributed by atoms with Crippen molar-refractivity contribution in [1.82, 2.24) is 5.32 Å². The van der Waals surface area contributed by atoms with Crippen molar-refractivity contribution in [1.29, 1.82) is 0 Å². The number of hydrogen-bond donors (Lipinski definition) is 1. The predicted molar refractivity (Wildman–Crippen MR) is 76.3 cm³/mol. The maximum atomic E-state index is 3.69. The molecule has 1 rings (SSSR count). The van der Waals surface area contributed by atoms with E-state index >= 15 is 0 Å². The molecule has 0 amide bonds. The zero-order chi connectivity index (χ0) is 12.5. The van der Waals surface area contributed by atoms with Crippen molar-refractivity contribution in [3.8, 4) is 0 Å². The van der Waals surface area contributed by atoms with Crippen molar-refractivity contribution in [2.24, 2.45) is 0 Å². The average molecular weight is 233 g/mol. The zero-order valence-corrected chi connectivity index (χ0v) is 11.6. The molecule has 0 heterocycles. The van der Waals surface area contributed by atoms with Crippen molar-refractivity contribution in [2.75, 3.05) is 0 Å². The second kappa shape index (κ2) is 8.30. The minimum absolute atomic E-state index is 0.564. The first-order valence-corrected chi connectivity index (χ1v) is 7.02. The largest absolute Gasteiger partial charge is 0.311 e. The first kappa shape index (κ1) is 14.2. The number of rotatable bonds is 8. The molecule has 0 spiro atoms. The van der Waals surface area contributed by atoms with Crippen LogP contribution in [0.1, 0.15) is 52.0 Å². The lowest BCUT2D eigenvalue weighted by Crippen LogP contribution is -2.35. The fourth-order valence-electron chi connectivity index (χ4n) is 2.30. The van der Waals surface area contributed by atoms with Gasteiger partial charge >= 0.3 is 0 Å². The lowest BCUT2D eigenvalue weighted by Gasteiger charge is -2.20. The summed E-state index contributed by atoms with van der Waals surface area (Å²) in [6, 6.07) is 11.9.